The number of carbonyl (C=O) groups excluding carboxylic acids is 2. The first-order valence-corrected chi connectivity index (χ1v) is 13.4. The first-order chi connectivity index (χ1) is 16.2. The van der Waals surface area contributed by atoms with E-state index in [9.17, 15) is 22.4 Å². The van der Waals surface area contributed by atoms with Crippen LogP contribution in [0.25, 0.3) is 0 Å². The van der Waals surface area contributed by atoms with E-state index in [-0.39, 0.29) is 43.4 Å². The quantitative estimate of drug-likeness (QED) is 0.463. The Kier molecular flexibility index (Phi) is 10.5. The summed E-state index contributed by atoms with van der Waals surface area (Å²) in [6, 6.07) is 14.4. The van der Waals surface area contributed by atoms with Crippen LogP contribution in [0.15, 0.2) is 54.6 Å². The lowest BCUT2D eigenvalue weighted by Gasteiger charge is -2.31. The van der Waals surface area contributed by atoms with E-state index in [1.165, 1.54) is 18.2 Å². The summed E-state index contributed by atoms with van der Waals surface area (Å²) >= 11 is 0. The van der Waals surface area contributed by atoms with Gasteiger partial charge in [0.15, 0.2) is 0 Å². The fourth-order valence-electron chi connectivity index (χ4n) is 3.70. The molecule has 1 N–H and O–H groups in total. The number of hydrogen-bond donors (Lipinski definition) is 1. The van der Waals surface area contributed by atoms with E-state index < -0.39 is 21.9 Å². The van der Waals surface area contributed by atoms with Gasteiger partial charge in [0.2, 0.25) is 21.8 Å². The van der Waals surface area contributed by atoms with Crippen LogP contribution < -0.4 is 9.62 Å². The molecule has 34 heavy (non-hydrogen) atoms. The van der Waals surface area contributed by atoms with Gasteiger partial charge < -0.3 is 10.2 Å². The number of amides is 2. The van der Waals surface area contributed by atoms with Crippen molar-refractivity contribution in [3.63, 3.8) is 0 Å². The minimum atomic E-state index is -3.75. The third kappa shape index (κ3) is 7.83. The molecule has 0 unspecified atom stereocenters. The Morgan fingerprint density at radius 1 is 1.03 bits per heavy atom. The average molecular weight is 492 g/mol. The van der Waals surface area contributed by atoms with Gasteiger partial charge in [-0.15, -0.1) is 0 Å². The molecule has 0 spiro atoms. The summed E-state index contributed by atoms with van der Waals surface area (Å²) in [6.45, 7) is 4.54. The first-order valence-electron chi connectivity index (χ1n) is 11.5. The Labute approximate surface area is 202 Å². The number of nitrogens with one attached hydrogen (secondary N) is 1. The molecule has 186 valence electrons. The molecule has 0 heterocycles. The van der Waals surface area contributed by atoms with Crippen LogP contribution in [0.1, 0.15) is 45.1 Å². The standard InChI is InChI=1S/C25H34FN3O4S/c1-4-17-27-25(31)22(5-2)28(19-20-12-7-6-8-13-20)24(30)16-11-18-29(34(3,32)33)23-15-10-9-14-21(23)26/h6-10,12-15,22H,4-5,11,16-19H2,1-3H3,(H,27,31)/t22-/m1/s1. The van der Waals surface area contributed by atoms with Crippen LogP contribution >= 0.6 is 0 Å². The van der Waals surface area contributed by atoms with Crippen LogP contribution in [0.5, 0.6) is 0 Å². The number of sulfonamides is 1. The topological polar surface area (TPSA) is 86.8 Å². The number of rotatable bonds is 13. The lowest BCUT2D eigenvalue weighted by Crippen LogP contribution is -2.49. The highest BCUT2D eigenvalue weighted by Crippen LogP contribution is 2.22. The van der Waals surface area contributed by atoms with Gasteiger partial charge in [-0.3, -0.25) is 13.9 Å². The van der Waals surface area contributed by atoms with E-state index >= 15 is 0 Å². The molecule has 7 nitrogen and oxygen atoms in total. The molecular weight excluding hydrogens is 457 g/mol. The molecule has 2 aromatic rings. The summed E-state index contributed by atoms with van der Waals surface area (Å²) < 4.78 is 39.8. The number of hydrogen-bond acceptors (Lipinski definition) is 4. The number of halogens is 1. The predicted molar refractivity (Wildman–Crippen MR) is 132 cm³/mol. The molecule has 0 aliphatic rings. The van der Waals surface area contributed by atoms with Crippen LogP contribution in [0.4, 0.5) is 10.1 Å². The molecule has 2 amide bonds. The van der Waals surface area contributed by atoms with E-state index in [2.05, 4.69) is 5.32 Å². The highest BCUT2D eigenvalue weighted by Gasteiger charge is 2.28. The van der Waals surface area contributed by atoms with Gasteiger partial charge in [-0.2, -0.15) is 0 Å². The summed E-state index contributed by atoms with van der Waals surface area (Å²) in [5, 5.41) is 2.86. The van der Waals surface area contributed by atoms with Crippen LogP contribution in [0, 0.1) is 5.82 Å². The summed E-state index contributed by atoms with van der Waals surface area (Å²) in [5.74, 6) is -1.12. The van der Waals surface area contributed by atoms with Gasteiger partial charge in [-0.05, 0) is 37.0 Å². The van der Waals surface area contributed by atoms with Crippen molar-refractivity contribution in [1.29, 1.82) is 0 Å². The second-order valence-corrected chi connectivity index (χ2v) is 10.0. The Morgan fingerprint density at radius 3 is 2.26 bits per heavy atom. The third-order valence-electron chi connectivity index (χ3n) is 5.40. The van der Waals surface area contributed by atoms with E-state index in [0.29, 0.717) is 13.0 Å². The molecule has 0 aromatic heterocycles. The fourth-order valence-corrected chi connectivity index (χ4v) is 4.67. The van der Waals surface area contributed by atoms with Crippen molar-refractivity contribution in [2.24, 2.45) is 0 Å². The first kappa shape index (κ1) is 27.3. The van der Waals surface area contributed by atoms with E-state index in [4.69, 9.17) is 0 Å². The summed E-state index contributed by atoms with van der Waals surface area (Å²) in [4.78, 5) is 27.6. The third-order valence-corrected chi connectivity index (χ3v) is 6.58. The lowest BCUT2D eigenvalue weighted by atomic mass is 10.1. The highest BCUT2D eigenvalue weighted by atomic mass is 32.2. The minimum Gasteiger partial charge on any atom is -0.354 e. The van der Waals surface area contributed by atoms with Crippen LogP contribution in [-0.2, 0) is 26.2 Å². The summed E-state index contributed by atoms with van der Waals surface area (Å²) in [6.07, 6.45) is 2.43. The molecule has 9 heteroatoms. The Balaban J connectivity index is 2.18. The number of benzene rings is 2. The van der Waals surface area contributed by atoms with Crippen molar-refractivity contribution in [3.05, 3.63) is 66.0 Å². The highest BCUT2D eigenvalue weighted by molar-refractivity contribution is 7.92. The maximum Gasteiger partial charge on any atom is 0.242 e. The largest absolute Gasteiger partial charge is 0.354 e. The van der Waals surface area contributed by atoms with E-state index in [0.717, 1.165) is 22.5 Å². The summed E-state index contributed by atoms with van der Waals surface area (Å²) in [7, 11) is -3.75. The Bertz CT molecular complexity index is 1050. The van der Waals surface area contributed by atoms with Crippen LogP contribution in [0.3, 0.4) is 0 Å². The van der Waals surface area contributed by atoms with Crippen molar-refractivity contribution >= 4 is 27.5 Å². The maximum absolute atomic E-state index is 14.2. The predicted octanol–water partition coefficient (Wildman–Crippen LogP) is 3.71. The second-order valence-electron chi connectivity index (χ2n) is 8.11. The molecule has 2 aromatic carbocycles. The Morgan fingerprint density at radius 2 is 1.68 bits per heavy atom. The number of carbonyl (C=O) groups is 2. The van der Waals surface area contributed by atoms with Crippen LogP contribution in [-0.4, -0.2) is 50.5 Å². The normalized spacial score (nSPS) is 12.1. The maximum atomic E-state index is 14.2. The molecule has 0 bridgehead atoms. The molecule has 2 rings (SSSR count). The van der Waals surface area contributed by atoms with Gasteiger partial charge in [0, 0.05) is 26.1 Å². The molecule has 0 radical (unpaired) electrons. The van der Waals surface area contributed by atoms with Crippen molar-refractivity contribution in [2.45, 2.75) is 52.1 Å². The zero-order chi connectivity index (χ0) is 25.1. The van der Waals surface area contributed by atoms with Crippen molar-refractivity contribution in [3.8, 4) is 0 Å². The summed E-state index contributed by atoms with van der Waals surface area (Å²) in [5.41, 5.74) is 0.839. The number of nitrogens with zero attached hydrogens (tertiary/aromatic N) is 2. The molecular formula is C25H34FN3O4S. The number of para-hydroxylation sites is 1. The second kappa shape index (κ2) is 13.1. The van der Waals surface area contributed by atoms with E-state index in [1.54, 1.807) is 11.0 Å². The smallest absolute Gasteiger partial charge is 0.242 e. The van der Waals surface area contributed by atoms with Gasteiger partial charge in [0.1, 0.15) is 11.9 Å². The molecule has 0 fully saturated rings. The molecule has 0 aliphatic heterocycles. The fraction of sp³-hybridized carbons (Fsp3) is 0.440. The minimum absolute atomic E-state index is 0.0187. The average Bonchev–Trinajstić information content (AvgIpc) is 2.80. The van der Waals surface area contributed by atoms with Crippen LogP contribution in [0.2, 0.25) is 0 Å². The van der Waals surface area contributed by atoms with Gasteiger partial charge in [-0.1, -0.05) is 56.3 Å². The van der Waals surface area contributed by atoms with Crippen molar-refractivity contribution < 1.29 is 22.4 Å². The van der Waals surface area contributed by atoms with Gasteiger partial charge >= 0.3 is 0 Å². The molecule has 0 aliphatic carbocycles. The SMILES string of the molecule is CCCNC(=O)[C@@H](CC)N(Cc1ccccc1)C(=O)CCCN(c1ccccc1F)S(C)(=O)=O. The zero-order valence-corrected chi connectivity index (χ0v) is 20.9. The molecule has 0 saturated carbocycles. The monoisotopic (exact) mass is 491 g/mol. The van der Waals surface area contributed by atoms with Gasteiger partial charge in [0.25, 0.3) is 0 Å². The van der Waals surface area contributed by atoms with E-state index in [1.807, 2.05) is 44.2 Å². The zero-order valence-electron chi connectivity index (χ0n) is 20.0. The molecule has 1 atom stereocenters. The number of anilines is 1. The Hall–Kier alpha value is -2.94. The van der Waals surface area contributed by atoms with Crippen molar-refractivity contribution in [1.82, 2.24) is 10.2 Å². The van der Waals surface area contributed by atoms with Gasteiger partial charge in [0.05, 0.1) is 11.9 Å². The van der Waals surface area contributed by atoms with Crippen molar-refractivity contribution in [2.75, 3.05) is 23.7 Å². The lowest BCUT2D eigenvalue weighted by molar-refractivity contribution is -0.141. The molecule has 0 saturated heterocycles. The van der Waals surface area contributed by atoms with Gasteiger partial charge in [-0.25, -0.2) is 12.8 Å².